The van der Waals surface area contributed by atoms with E-state index >= 15 is 0 Å². The Kier molecular flexibility index (Phi) is 7.56. The van der Waals surface area contributed by atoms with Crippen molar-refractivity contribution in [1.29, 1.82) is 0 Å². The number of hydrogen-bond acceptors (Lipinski definition) is 2. The molecule has 0 radical (unpaired) electrons. The monoisotopic (exact) mass is 293 g/mol. The van der Waals surface area contributed by atoms with Crippen molar-refractivity contribution in [1.82, 2.24) is 5.43 Å². The predicted octanol–water partition coefficient (Wildman–Crippen LogP) is 4.57. The standard InChI is InChI=1S/C18H35N3/c1-2-3-8-15-11-13-16(14-12-15)18(21-19)20-17-9-6-4-5-7-10-17/h15-17H,2-14,19H2,1H3,(H,20,21). The smallest absolute Gasteiger partial charge is 0.114 e. The molecule has 21 heavy (non-hydrogen) atoms. The number of unbranched alkanes of at least 4 members (excludes halogenated alkanes) is 1. The third kappa shape index (κ3) is 5.61. The number of rotatable bonds is 5. The normalized spacial score (nSPS) is 29.1. The van der Waals surface area contributed by atoms with E-state index in [4.69, 9.17) is 10.8 Å². The maximum absolute atomic E-state index is 5.79. The van der Waals surface area contributed by atoms with Crippen LogP contribution in [0.3, 0.4) is 0 Å². The maximum atomic E-state index is 5.79. The highest BCUT2D eigenvalue weighted by Gasteiger charge is 2.25. The molecule has 3 heteroatoms. The first-order valence-corrected chi connectivity index (χ1v) is 9.37. The largest absolute Gasteiger partial charge is 0.312 e. The minimum atomic E-state index is 0.524. The maximum Gasteiger partial charge on any atom is 0.114 e. The summed E-state index contributed by atoms with van der Waals surface area (Å²) < 4.78 is 0. The second-order valence-electron chi connectivity index (χ2n) is 7.16. The summed E-state index contributed by atoms with van der Waals surface area (Å²) in [7, 11) is 0. The molecule has 2 fully saturated rings. The van der Waals surface area contributed by atoms with Gasteiger partial charge in [-0.2, -0.15) is 0 Å². The van der Waals surface area contributed by atoms with Crippen molar-refractivity contribution in [2.24, 2.45) is 22.7 Å². The molecule has 0 spiro atoms. The van der Waals surface area contributed by atoms with Crippen LogP contribution in [-0.4, -0.2) is 11.9 Å². The highest BCUT2D eigenvalue weighted by atomic mass is 15.3. The van der Waals surface area contributed by atoms with Crippen LogP contribution in [0.15, 0.2) is 4.99 Å². The minimum absolute atomic E-state index is 0.524. The van der Waals surface area contributed by atoms with Gasteiger partial charge in [-0.15, -0.1) is 0 Å². The number of nitrogens with two attached hydrogens (primary N) is 1. The molecule has 0 unspecified atom stereocenters. The number of hydrazine groups is 1. The van der Waals surface area contributed by atoms with Crippen molar-refractivity contribution in [2.75, 3.05) is 0 Å². The van der Waals surface area contributed by atoms with E-state index in [1.165, 1.54) is 83.5 Å². The molecule has 0 atom stereocenters. The number of hydrogen-bond donors (Lipinski definition) is 2. The van der Waals surface area contributed by atoms with Crippen LogP contribution in [0.2, 0.25) is 0 Å². The van der Waals surface area contributed by atoms with Crippen molar-refractivity contribution in [3.8, 4) is 0 Å². The summed E-state index contributed by atoms with van der Waals surface area (Å²) in [6.07, 6.45) is 17.4. The van der Waals surface area contributed by atoms with Crippen molar-refractivity contribution in [3.05, 3.63) is 0 Å². The van der Waals surface area contributed by atoms with Crippen LogP contribution in [0.4, 0.5) is 0 Å². The highest BCUT2D eigenvalue weighted by Crippen LogP contribution is 2.32. The van der Waals surface area contributed by atoms with Crippen LogP contribution in [0.5, 0.6) is 0 Å². The first-order chi connectivity index (χ1) is 10.3. The van der Waals surface area contributed by atoms with Crippen LogP contribution in [0.1, 0.15) is 90.4 Å². The van der Waals surface area contributed by atoms with Crippen LogP contribution in [0.25, 0.3) is 0 Å². The first kappa shape index (κ1) is 16.8. The van der Waals surface area contributed by atoms with Crippen molar-refractivity contribution >= 4 is 5.84 Å². The lowest BCUT2D eigenvalue weighted by molar-refractivity contribution is 0.297. The van der Waals surface area contributed by atoms with Gasteiger partial charge in [-0.1, -0.05) is 51.9 Å². The van der Waals surface area contributed by atoms with Crippen LogP contribution < -0.4 is 11.3 Å². The fourth-order valence-electron chi connectivity index (χ4n) is 4.06. The molecule has 0 aromatic rings. The first-order valence-electron chi connectivity index (χ1n) is 9.37. The van der Waals surface area contributed by atoms with E-state index in [1.807, 2.05) is 0 Å². The summed E-state index contributed by atoms with van der Waals surface area (Å²) >= 11 is 0. The van der Waals surface area contributed by atoms with Crippen molar-refractivity contribution < 1.29 is 0 Å². The summed E-state index contributed by atoms with van der Waals surface area (Å²) in [5, 5.41) is 0. The SMILES string of the molecule is CCCCC1CCC(C(=NC2CCCCCC2)NN)CC1. The van der Waals surface area contributed by atoms with Gasteiger partial charge in [0, 0.05) is 5.92 Å². The van der Waals surface area contributed by atoms with Gasteiger partial charge in [0.1, 0.15) is 5.84 Å². The van der Waals surface area contributed by atoms with E-state index in [9.17, 15) is 0 Å². The quantitative estimate of drug-likeness (QED) is 0.256. The second kappa shape index (κ2) is 9.45. The molecule has 2 aliphatic rings. The highest BCUT2D eigenvalue weighted by molar-refractivity contribution is 5.84. The van der Waals surface area contributed by atoms with E-state index in [0.717, 1.165) is 11.8 Å². The van der Waals surface area contributed by atoms with Gasteiger partial charge in [0.05, 0.1) is 6.04 Å². The summed E-state index contributed by atoms with van der Waals surface area (Å²) in [5.41, 5.74) is 2.95. The molecule has 0 aromatic heterocycles. The molecule has 2 saturated carbocycles. The Morgan fingerprint density at radius 3 is 2.24 bits per heavy atom. The molecule has 0 saturated heterocycles. The zero-order valence-electron chi connectivity index (χ0n) is 13.9. The Bertz CT molecular complexity index is 298. The molecule has 2 rings (SSSR count). The third-order valence-corrected chi connectivity index (χ3v) is 5.49. The van der Waals surface area contributed by atoms with E-state index in [-0.39, 0.29) is 0 Å². The van der Waals surface area contributed by atoms with Gasteiger partial charge in [-0.3, -0.25) is 4.99 Å². The molecule has 0 heterocycles. The molecular weight excluding hydrogens is 258 g/mol. The lowest BCUT2D eigenvalue weighted by atomic mass is 9.79. The average Bonchev–Trinajstić information content (AvgIpc) is 2.80. The zero-order valence-corrected chi connectivity index (χ0v) is 13.9. The Morgan fingerprint density at radius 2 is 1.67 bits per heavy atom. The van der Waals surface area contributed by atoms with E-state index in [0.29, 0.717) is 12.0 Å². The molecule has 0 aliphatic heterocycles. The molecule has 2 aliphatic carbocycles. The van der Waals surface area contributed by atoms with Gasteiger partial charge in [0.15, 0.2) is 0 Å². The van der Waals surface area contributed by atoms with Gasteiger partial charge in [0.25, 0.3) is 0 Å². The number of aliphatic imine (C=N–C) groups is 1. The van der Waals surface area contributed by atoms with E-state index in [2.05, 4.69) is 12.3 Å². The third-order valence-electron chi connectivity index (χ3n) is 5.49. The molecule has 0 aromatic carbocycles. The van der Waals surface area contributed by atoms with Crippen LogP contribution >= 0.6 is 0 Å². The van der Waals surface area contributed by atoms with Crippen LogP contribution in [-0.2, 0) is 0 Å². The lowest BCUT2D eigenvalue weighted by Crippen LogP contribution is -2.39. The Labute approximate surface area is 131 Å². The van der Waals surface area contributed by atoms with Gasteiger partial charge >= 0.3 is 0 Å². The van der Waals surface area contributed by atoms with E-state index in [1.54, 1.807) is 0 Å². The average molecular weight is 293 g/mol. The van der Waals surface area contributed by atoms with Crippen molar-refractivity contribution in [2.45, 2.75) is 96.4 Å². The van der Waals surface area contributed by atoms with Gasteiger partial charge in [0.2, 0.25) is 0 Å². The van der Waals surface area contributed by atoms with Gasteiger partial charge in [-0.25, -0.2) is 5.84 Å². The fraction of sp³-hybridized carbons (Fsp3) is 0.944. The molecule has 3 N–H and O–H groups in total. The molecule has 0 bridgehead atoms. The molecular formula is C18H35N3. The molecule has 0 amide bonds. The predicted molar refractivity (Wildman–Crippen MR) is 91.2 cm³/mol. The zero-order chi connectivity index (χ0) is 14.9. The van der Waals surface area contributed by atoms with Crippen molar-refractivity contribution in [3.63, 3.8) is 0 Å². The second-order valence-corrected chi connectivity index (χ2v) is 7.16. The molecule has 3 nitrogen and oxygen atoms in total. The number of nitrogens with one attached hydrogen (secondary N) is 1. The van der Waals surface area contributed by atoms with Gasteiger partial charge < -0.3 is 5.43 Å². The summed E-state index contributed by atoms with van der Waals surface area (Å²) in [4.78, 5) is 5.01. The summed E-state index contributed by atoms with van der Waals surface area (Å²) in [6, 6.07) is 0.524. The summed E-state index contributed by atoms with van der Waals surface area (Å²) in [6.45, 7) is 2.29. The number of amidine groups is 1. The Balaban J connectivity index is 1.83. The van der Waals surface area contributed by atoms with Gasteiger partial charge in [-0.05, 0) is 44.4 Å². The Morgan fingerprint density at radius 1 is 1.00 bits per heavy atom. The minimum Gasteiger partial charge on any atom is -0.312 e. The molecule has 122 valence electrons. The number of nitrogens with zero attached hydrogens (tertiary/aromatic N) is 1. The fourth-order valence-corrected chi connectivity index (χ4v) is 4.06. The Hall–Kier alpha value is -0.570. The summed E-state index contributed by atoms with van der Waals surface area (Å²) in [5.74, 6) is 8.45. The lowest BCUT2D eigenvalue weighted by Gasteiger charge is -2.29. The van der Waals surface area contributed by atoms with Crippen LogP contribution in [0, 0.1) is 11.8 Å². The van der Waals surface area contributed by atoms with E-state index < -0.39 is 0 Å². The topological polar surface area (TPSA) is 50.4 Å².